The van der Waals surface area contributed by atoms with Crippen LogP contribution in [0, 0.1) is 0 Å². The molecule has 0 atom stereocenters. The highest BCUT2D eigenvalue weighted by Gasteiger charge is 2.65. The van der Waals surface area contributed by atoms with Crippen molar-refractivity contribution in [2.24, 2.45) is 0 Å². The van der Waals surface area contributed by atoms with Crippen LogP contribution in [0.5, 0.6) is 0 Å². The standard InChI is InChI=1S/C9H7F10NO3/c1-20(4(21)6(10,11)8(14,15)16)2-3-23-5(22)7(12,13)9(17,18)19/h2-3H2,1H3. The average molecular weight is 367 g/mol. The van der Waals surface area contributed by atoms with Crippen LogP contribution in [0.3, 0.4) is 0 Å². The summed E-state index contributed by atoms with van der Waals surface area (Å²) in [5, 5.41) is 0. The molecule has 0 bridgehead atoms. The van der Waals surface area contributed by atoms with Crippen LogP contribution in [0.2, 0.25) is 0 Å². The Labute approximate surface area is 121 Å². The van der Waals surface area contributed by atoms with E-state index in [-0.39, 0.29) is 4.90 Å². The van der Waals surface area contributed by atoms with E-state index in [0.717, 1.165) is 0 Å². The number of carbonyl (C=O) groups excluding carboxylic acids is 2. The first kappa shape index (κ1) is 21.2. The van der Waals surface area contributed by atoms with Crippen molar-refractivity contribution in [3.05, 3.63) is 0 Å². The van der Waals surface area contributed by atoms with E-state index in [9.17, 15) is 53.5 Å². The van der Waals surface area contributed by atoms with E-state index < -0.39 is 49.2 Å². The van der Waals surface area contributed by atoms with Crippen molar-refractivity contribution in [2.75, 3.05) is 20.2 Å². The van der Waals surface area contributed by atoms with Gasteiger partial charge in [-0.15, -0.1) is 0 Å². The summed E-state index contributed by atoms with van der Waals surface area (Å²) in [6.45, 7) is -2.73. The quantitative estimate of drug-likeness (QED) is 0.554. The molecule has 0 N–H and O–H groups in total. The third-order valence-electron chi connectivity index (χ3n) is 2.24. The van der Waals surface area contributed by atoms with Crippen molar-refractivity contribution in [2.45, 2.75) is 24.2 Å². The van der Waals surface area contributed by atoms with Crippen LogP contribution in [-0.2, 0) is 14.3 Å². The highest BCUT2D eigenvalue weighted by molar-refractivity contribution is 5.84. The van der Waals surface area contributed by atoms with Gasteiger partial charge in [-0.25, -0.2) is 4.79 Å². The molecule has 0 saturated heterocycles. The van der Waals surface area contributed by atoms with Crippen LogP contribution in [-0.4, -0.2) is 61.2 Å². The molecule has 0 aliphatic rings. The Hall–Kier alpha value is -1.76. The van der Waals surface area contributed by atoms with Gasteiger partial charge in [0.15, 0.2) is 0 Å². The van der Waals surface area contributed by atoms with E-state index in [1.165, 1.54) is 0 Å². The summed E-state index contributed by atoms with van der Waals surface area (Å²) in [5.41, 5.74) is 0. The van der Waals surface area contributed by atoms with Crippen LogP contribution in [0.1, 0.15) is 0 Å². The van der Waals surface area contributed by atoms with Crippen LogP contribution < -0.4 is 0 Å². The summed E-state index contributed by atoms with van der Waals surface area (Å²) in [6.07, 6.45) is -12.5. The van der Waals surface area contributed by atoms with Crippen molar-refractivity contribution < 1.29 is 58.2 Å². The SMILES string of the molecule is CN(CCOC(=O)C(F)(F)C(F)(F)F)C(=O)C(F)(F)C(F)(F)F. The molecule has 0 aliphatic carbocycles. The molecule has 0 fully saturated rings. The molecule has 1 amide bonds. The summed E-state index contributed by atoms with van der Waals surface area (Å²) in [6, 6.07) is 0. The van der Waals surface area contributed by atoms with Crippen LogP contribution in [0.4, 0.5) is 43.9 Å². The van der Waals surface area contributed by atoms with Gasteiger partial charge >= 0.3 is 36.1 Å². The second-order valence-electron chi connectivity index (χ2n) is 4.01. The summed E-state index contributed by atoms with van der Waals surface area (Å²) in [4.78, 5) is 21.0. The van der Waals surface area contributed by atoms with Crippen molar-refractivity contribution in [1.82, 2.24) is 4.90 Å². The van der Waals surface area contributed by atoms with Crippen LogP contribution >= 0.6 is 0 Å². The molecule has 0 heterocycles. The van der Waals surface area contributed by atoms with Crippen LogP contribution in [0.25, 0.3) is 0 Å². The number of rotatable bonds is 5. The van der Waals surface area contributed by atoms with Gasteiger partial charge in [-0.05, 0) is 0 Å². The number of ether oxygens (including phenoxy) is 1. The Morgan fingerprint density at radius 1 is 0.826 bits per heavy atom. The molecule has 0 aromatic carbocycles. The van der Waals surface area contributed by atoms with Crippen molar-refractivity contribution >= 4 is 11.9 Å². The molecule has 0 aliphatic heterocycles. The zero-order valence-electron chi connectivity index (χ0n) is 10.9. The summed E-state index contributed by atoms with van der Waals surface area (Å²) < 4.78 is 124. The van der Waals surface area contributed by atoms with E-state index in [1.807, 2.05) is 0 Å². The third kappa shape index (κ3) is 4.60. The first-order chi connectivity index (χ1) is 9.96. The number of hydrogen-bond donors (Lipinski definition) is 0. The second kappa shape index (κ2) is 6.39. The predicted octanol–water partition coefficient (Wildman–Crippen LogP) is 2.38. The first-order valence-electron chi connectivity index (χ1n) is 5.28. The lowest BCUT2D eigenvalue weighted by Crippen LogP contribution is -2.52. The average Bonchev–Trinajstić information content (AvgIpc) is 2.34. The zero-order valence-corrected chi connectivity index (χ0v) is 10.9. The van der Waals surface area contributed by atoms with Crippen molar-refractivity contribution in [1.29, 1.82) is 0 Å². The minimum absolute atomic E-state index is 0.341. The maximum absolute atomic E-state index is 12.6. The monoisotopic (exact) mass is 367 g/mol. The lowest BCUT2D eigenvalue weighted by Gasteiger charge is -2.25. The summed E-state index contributed by atoms with van der Waals surface area (Å²) >= 11 is 0. The van der Waals surface area contributed by atoms with Gasteiger partial charge in [0.2, 0.25) is 0 Å². The number of halogens is 10. The van der Waals surface area contributed by atoms with Crippen molar-refractivity contribution in [3.8, 4) is 0 Å². The Kier molecular flexibility index (Phi) is 5.90. The number of nitrogens with zero attached hydrogens (tertiary/aromatic N) is 1. The topological polar surface area (TPSA) is 46.6 Å². The molecule has 0 spiro atoms. The van der Waals surface area contributed by atoms with Gasteiger partial charge in [-0.1, -0.05) is 0 Å². The number of alkyl halides is 10. The highest BCUT2D eigenvalue weighted by Crippen LogP contribution is 2.37. The fourth-order valence-corrected chi connectivity index (χ4v) is 0.944. The molecular weight excluding hydrogens is 360 g/mol. The van der Waals surface area contributed by atoms with Gasteiger partial charge in [0, 0.05) is 7.05 Å². The zero-order chi connectivity index (χ0) is 18.9. The molecule has 0 rings (SSSR count). The molecule has 0 aromatic heterocycles. The molecule has 14 heteroatoms. The predicted molar refractivity (Wildman–Crippen MR) is 50.6 cm³/mol. The number of amides is 1. The number of carbonyl (C=O) groups is 2. The molecule has 0 aromatic rings. The van der Waals surface area contributed by atoms with Gasteiger partial charge in [-0.3, -0.25) is 4.79 Å². The van der Waals surface area contributed by atoms with Crippen molar-refractivity contribution in [3.63, 3.8) is 0 Å². The summed E-state index contributed by atoms with van der Waals surface area (Å²) in [7, 11) is 0.373. The first-order valence-corrected chi connectivity index (χ1v) is 5.28. The van der Waals surface area contributed by atoms with E-state index in [2.05, 4.69) is 4.74 Å². The van der Waals surface area contributed by atoms with Crippen LogP contribution in [0.15, 0.2) is 0 Å². The Morgan fingerprint density at radius 3 is 1.57 bits per heavy atom. The highest BCUT2D eigenvalue weighted by atomic mass is 19.4. The smallest absolute Gasteiger partial charge is 0.459 e. The van der Waals surface area contributed by atoms with Gasteiger partial charge in [0.05, 0.1) is 6.54 Å². The molecule has 136 valence electrons. The van der Waals surface area contributed by atoms with Gasteiger partial charge in [0.25, 0.3) is 0 Å². The molecular formula is C9H7F10NO3. The number of esters is 1. The Balaban J connectivity index is 4.67. The lowest BCUT2D eigenvalue weighted by atomic mass is 10.3. The minimum Gasteiger partial charge on any atom is -0.459 e. The molecule has 4 nitrogen and oxygen atoms in total. The van der Waals surface area contributed by atoms with Gasteiger partial charge < -0.3 is 9.64 Å². The fraction of sp³-hybridized carbons (Fsp3) is 0.778. The fourth-order valence-electron chi connectivity index (χ4n) is 0.944. The third-order valence-corrected chi connectivity index (χ3v) is 2.24. The van der Waals surface area contributed by atoms with E-state index in [4.69, 9.17) is 0 Å². The van der Waals surface area contributed by atoms with Gasteiger partial charge in [-0.2, -0.15) is 43.9 Å². The number of hydrogen-bond acceptors (Lipinski definition) is 3. The number of likely N-dealkylation sites (N-methyl/N-ethyl adjacent to an activating group) is 1. The Morgan fingerprint density at radius 2 is 1.22 bits per heavy atom. The maximum Gasteiger partial charge on any atom is 0.465 e. The molecule has 0 radical (unpaired) electrons. The van der Waals surface area contributed by atoms with E-state index in [0.29, 0.717) is 7.05 Å². The minimum atomic E-state index is -6.28. The second-order valence-corrected chi connectivity index (χ2v) is 4.01. The van der Waals surface area contributed by atoms with E-state index in [1.54, 1.807) is 0 Å². The van der Waals surface area contributed by atoms with E-state index >= 15 is 0 Å². The maximum atomic E-state index is 12.6. The molecule has 0 unspecified atom stereocenters. The normalized spacial score (nSPS) is 13.7. The Bertz CT molecular complexity index is 455. The summed E-state index contributed by atoms with van der Waals surface area (Å²) in [5.74, 6) is -17.6. The lowest BCUT2D eigenvalue weighted by molar-refractivity contribution is -0.281. The molecule has 0 saturated carbocycles. The molecule has 23 heavy (non-hydrogen) atoms. The van der Waals surface area contributed by atoms with Gasteiger partial charge in [0.1, 0.15) is 6.61 Å². The largest absolute Gasteiger partial charge is 0.465 e.